The Morgan fingerprint density at radius 3 is 2.22 bits per heavy atom. The zero-order chi connectivity index (χ0) is 44.0. The Morgan fingerprint density at radius 2 is 1.48 bits per heavy atom. The van der Waals surface area contributed by atoms with E-state index in [0.29, 0.717) is 11.6 Å². The van der Waals surface area contributed by atoms with E-state index in [1.165, 1.54) is 48.2 Å². The Bertz CT molecular complexity index is 3260. The first-order valence-corrected chi connectivity index (χ1v) is 26.3. The van der Waals surface area contributed by atoms with Gasteiger partial charge in [-0.25, -0.2) is 4.98 Å². The number of aromatic nitrogens is 4. The van der Waals surface area contributed by atoms with E-state index in [0.717, 1.165) is 77.9 Å². The summed E-state index contributed by atoms with van der Waals surface area (Å²) in [5.41, 5.74) is 12.2. The molecule has 0 spiro atoms. The van der Waals surface area contributed by atoms with Crippen LogP contribution in [0, 0.1) is 12.1 Å². The van der Waals surface area contributed by atoms with Crippen molar-refractivity contribution in [2.75, 3.05) is 0 Å². The van der Waals surface area contributed by atoms with E-state index in [2.05, 4.69) is 177 Å². The van der Waals surface area contributed by atoms with Crippen LogP contribution in [0.15, 0.2) is 156 Å². The maximum absolute atomic E-state index is 6.73. The monoisotopic (exact) mass is 1040 g/mol. The molecule has 1 radical (unpaired) electrons. The molecule has 5 nitrogen and oxygen atoms in total. The van der Waals surface area contributed by atoms with Crippen LogP contribution in [-0.4, -0.2) is 27.6 Å². The van der Waals surface area contributed by atoms with Gasteiger partial charge in [-0.05, 0) is 76.0 Å². The summed E-state index contributed by atoms with van der Waals surface area (Å²) in [7, 11) is -1.23. The minimum atomic E-state index is -1.23. The van der Waals surface area contributed by atoms with Gasteiger partial charge in [-0.3, -0.25) is 4.98 Å². The van der Waals surface area contributed by atoms with Gasteiger partial charge in [0.1, 0.15) is 0 Å². The topological polar surface area (TPSA) is 56.7 Å². The molecule has 1 aliphatic carbocycles. The van der Waals surface area contributed by atoms with Crippen LogP contribution in [-0.2, 0) is 25.5 Å². The van der Waals surface area contributed by atoms with Gasteiger partial charge >= 0.3 is 0 Å². The molecule has 11 rings (SSSR count). The largest absolute Gasteiger partial charge is 0.486 e. The minimum Gasteiger partial charge on any atom is -0.486 e. The van der Waals surface area contributed by atoms with E-state index in [1.807, 2.05) is 36.5 Å². The molecule has 4 aromatic heterocycles. The first-order chi connectivity index (χ1) is 31.0. The predicted molar refractivity (Wildman–Crippen MR) is 269 cm³/mol. The van der Waals surface area contributed by atoms with Gasteiger partial charge in [0.15, 0.2) is 0 Å². The molecule has 1 saturated carbocycles. The number of pyridine rings is 2. The molecule has 0 amide bonds. The third-order valence-corrected chi connectivity index (χ3v) is 14.9. The van der Waals surface area contributed by atoms with Gasteiger partial charge in [-0.1, -0.05) is 149 Å². The number of hydrogen-bond donors (Lipinski definition) is 0. The summed E-state index contributed by atoms with van der Waals surface area (Å²) in [6.45, 7) is 13.8. The Kier molecular flexibility index (Phi) is 12.3. The Morgan fingerprint density at radius 1 is 0.692 bits per heavy atom. The van der Waals surface area contributed by atoms with Crippen molar-refractivity contribution in [3.05, 3.63) is 175 Å². The van der Waals surface area contributed by atoms with Gasteiger partial charge < -0.3 is 14.0 Å². The van der Waals surface area contributed by atoms with Crippen molar-refractivity contribution in [1.29, 1.82) is 0 Å². The van der Waals surface area contributed by atoms with Crippen molar-refractivity contribution in [1.82, 2.24) is 19.5 Å². The molecule has 0 saturated heterocycles. The number of imidazole rings is 1. The normalized spacial score (nSPS) is 13.5. The summed E-state index contributed by atoms with van der Waals surface area (Å²) >= 11 is 0. The summed E-state index contributed by atoms with van der Waals surface area (Å²) in [6.07, 6.45) is 8.29. The van der Waals surface area contributed by atoms with Crippen LogP contribution in [0.1, 0.15) is 70.1 Å². The molecule has 10 aromatic rings. The smallest absolute Gasteiger partial charge is 0.216 e. The molecule has 327 valence electrons. The van der Waals surface area contributed by atoms with Crippen LogP contribution in [0.5, 0.6) is 0 Å². The number of fused-ring (bicyclic) bond motifs is 6. The van der Waals surface area contributed by atoms with Crippen LogP contribution in [0.4, 0.5) is 0 Å². The Balaban J connectivity index is 0.000000266. The molecule has 6 aromatic carbocycles. The third kappa shape index (κ3) is 8.78. The maximum atomic E-state index is 6.73. The molecule has 7 heteroatoms. The summed E-state index contributed by atoms with van der Waals surface area (Å²) in [4.78, 5) is 15.0. The van der Waals surface area contributed by atoms with Crippen molar-refractivity contribution in [3.8, 4) is 39.5 Å². The molecule has 65 heavy (non-hydrogen) atoms. The van der Waals surface area contributed by atoms with E-state index >= 15 is 0 Å². The molecule has 4 heterocycles. The van der Waals surface area contributed by atoms with Crippen LogP contribution in [0.2, 0.25) is 19.6 Å². The van der Waals surface area contributed by atoms with Crippen molar-refractivity contribution in [2.45, 2.75) is 83.8 Å². The summed E-state index contributed by atoms with van der Waals surface area (Å²) in [6, 6.07) is 58.0. The second-order valence-electron chi connectivity index (χ2n) is 19.4. The Hall–Kier alpha value is -5.98. The number of benzene rings is 6. The fourth-order valence-electron chi connectivity index (χ4n) is 9.27. The zero-order valence-electron chi connectivity index (χ0n) is 38.1. The Labute approximate surface area is 397 Å². The average Bonchev–Trinajstić information content (AvgIpc) is 3.91. The van der Waals surface area contributed by atoms with E-state index in [1.54, 1.807) is 0 Å². The van der Waals surface area contributed by atoms with Gasteiger partial charge in [-0.15, -0.1) is 54.1 Å². The summed E-state index contributed by atoms with van der Waals surface area (Å²) in [5, 5.41) is 5.80. The average molecular weight is 1040 g/mol. The second kappa shape index (κ2) is 18.1. The van der Waals surface area contributed by atoms with Crippen molar-refractivity contribution in [3.63, 3.8) is 0 Å². The first-order valence-electron chi connectivity index (χ1n) is 22.8. The van der Waals surface area contributed by atoms with E-state index < -0.39 is 8.07 Å². The van der Waals surface area contributed by atoms with Crippen molar-refractivity contribution < 1.29 is 24.5 Å². The number of hydrogen-bond acceptors (Lipinski definition) is 4. The summed E-state index contributed by atoms with van der Waals surface area (Å²) < 4.78 is 9.07. The first kappa shape index (κ1) is 44.2. The maximum Gasteiger partial charge on any atom is 0.216 e. The standard InChI is InChI=1S/C44H38N3O.C14H16NSi.Ir/c1-44(2,3)31-22-26-39(36(27-31)28-13-6-4-7-14-28)47-40-32-18-11-10-15-29(32)21-24-38(40)45-42(47)35-20-12-19-33-34-23-25-37(30-16-8-5-9-17-30)46-43(34)48-41(33)35;1-16(2,3)13-9-10-14(15-11-13)12-7-5-4-6-8-12;/h4,6-7,10-15,18-19,21-27,30H,5,8-9,16-17H2,1-3H3;4-7,9-11H,1-3H3;/q2*-1;. The van der Waals surface area contributed by atoms with E-state index in [9.17, 15) is 0 Å². The SMILES string of the molecule is CC(C)(C)c1ccc(-n2c(-c3[c-]ccc4c3oc3nc(C5CCCCC5)ccc34)nc3ccc4ccccc4c32)c(-c2ccccc2)c1.C[Si](C)(C)c1ccc(-c2[c-]cccc2)nc1.[Ir]. The minimum absolute atomic E-state index is 0. The number of rotatable bonds is 6. The molecular formula is C58H54IrN4OSi-2. The van der Waals surface area contributed by atoms with E-state index in [-0.39, 0.29) is 25.5 Å². The predicted octanol–water partition coefficient (Wildman–Crippen LogP) is 15.0. The quantitative estimate of drug-likeness (QED) is 0.123. The van der Waals surface area contributed by atoms with Gasteiger partial charge in [0, 0.05) is 59.9 Å². The van der Waals surface area contributed by atoms with Crippen LogP contribution < -0.4 is 5.19 Å². The second-order valence-corrected chi connectivity index (χ2v) is 24.4. The molecule has 0 atom stereocenters. The number of nitrogens with zero attached hydrogens (tertiary/aromatic N) is 4. The molecule has 1 fully saturated rings. The molecule has 0 N–H and O–H groups in total. The van der Waals surface area contributed by atoms with Gasteiger partial charge in [0.25, 0.3) is 0 Å². The molecule has 0 unspecified atom stereocenters. The van der Waals surface area contributed by atoms with Crippen molar-refractivity contribution in [2.24, 2.45) is 0 Å². The third-order valence-electron chi connectivity index (χ3n) is 12.9. The fourth-order valence-corrected chi connectivity index (χ4v) is 10.3. The zero-order valence-corrected chi connectivity index (χ0v) is 41.5. The number of furan rings is 1. The van der Waals surface area contributed by atoms with Gasteiger partial charge in [0.05, 0.1) is 30.5 Å². The summed E-state index contributed by atoms with van der Waals surface area (Å²) in [5.74, 6) is 1.31. The molecule has 0 bridgehead atoms. The van der Waals surface area contributed by atoms with Gasteiger partial charge in [-0.2, -0.15) is 0 Å². The molecule has 1 aliphatic rings. The van der Waals surface area contributed by atoms with Gasteiger partial charge in [0.2, 0.25) is 5.71 Å². The van der Waals surface area contributed by atoms with E-state index in [4.69, 9.17) is 14.4 Å². The van der Waals surface area contributed by atoms with Crippen LogP contribution >= 0.6 is 0 Å². The van der Waals surface area contributed by atoms with Crippen molar-refractivity contribution >= 4 is 57.1 Å². The fraction of sp³-hybridized carbons (Fsp3) is 0.224. The van der Waals surface area contributed by atoms with Crippen LogP contribution in [0.25, 0.3) is 83.3 Å². The van der Waals surface area contributed by atoms with Crippen LogP contribution in [0.3, 0.4) is 0 Å². The molecular weight excluding hydrogens is 989 g/mol. The molecule has 0 aliphatic heterocycles.